The van der Waals surface area contributed by atoms with Crippen molar-refractivity contribution in [3.8, 4) is 11.5 Å². The number of benzene rings is 2. The molecule has 0 spiro atoms. The van der Waals surface area contributed by atoms with Crippen molar-refractivity contribution in [3.63, 3.8) is 0 Å². The van der Waals surface area contributed by atoms with Crippen LogP contribution in [0.2, 0.25) is 0 Å². The zero-order chi connectivity index (χ0) is 20.6. The second-order valence-electron chi connectivity index (χ2n) is 6.37. The van der Waals surface area contributed by atoms with Gasteiger partial charge in [-0.2, -0.15) is 0 Å². The Morgan fingerprint density at radius 3 is 2.52 bits per heavy atom. The van der Waals surface area contributed by atoms with Gasteiger partial charge in [0.05, 0.1) is 20.0 Å². The highest BCUT2D eigenvalue weighted by molar-refractivity contribution is 7.99. The molecule has 0 aliphatic rings. The average molecular weight is 413 g/mol. The predicted molar refractivity (Wildman–Crippen MR) is 112 cm³/mol. The highest BCUT2D eigenvalue weighted by Gasteiger charge is 2.12. The van der Waals surface area contributed by atoms with E-state index >= 15 is 0 Å². The molecule has 0 fully saturated rings. The van der Waals surface area contributed by atoms with Crippen LogP contribution in [0.4, 0.5) is 0 Å². The molecule has 8 heteroatoms. The Morgan fingerprint density at radius 2 is 1.79 bits per heavy atom. The third kappa shape index (κ3) is 5.51. The van der Waals surface area contributed by atoms with E-state index in [2.05, 4.69) is 27.6 Å². The van der Waals surface area contributed by atoms with Crippen LogP contribution in [0.25, 0.3) is 0 Å². The number of methoxy groups -OCH3 is 2. The van der Waals surface area contributed by atoms with Gasteiger partial charge in [0.15, 0.2) is 16.7 Å². The Kier molecular flexibility index (Phi) is 7.13. The molecule has 1 aromatic heterocycles. The van der Waals surface area contributed by atoms with Crippen LogP contribution in [0, 0.1) is 0 Å². The summed E-state index contributed by atoms with van der Waals surface area (Å²) < 4.78 is 12.4. The summed E-state index contributed by atoms with van der Waals surface area (Å²) in [5, 5.41) is 12.1. The van der Waals surface area contributed by atoms with E-state index < -0.39 is 0 Å². The van der Waals surface area contributed by atoms with Crippen molar-refractivity contribution >= 4 is 17.7 Å². The molecule has 0 unspecified atom stereocenters. The molecule has 3 aromatic rings. The smallest absolute Gasteiger partial charge is 0.230 e. The first-order valence-corrected chi connectivity index (χ1v) is 10.1. The topological polar surface area (TPSA) is 78.3 Å². The van der Waals surface area contributed by atoms with E-state index in [1.54, 1.807) is 14.2 Å². The summed E-state index contributed by atoms with van der Waals surface area (Å²) in [6.07, 6.45) is 0.705. The van der Waals surface area contributed by atoms with E-state index in [9.17, 15) is 4.79 Å². The van der Waals surface area contributed by atoms with Gasteiger partial charge >= 0.3 is 0 Å². The van der Waals surface area contributed by atoms with Gasteiger partial charge in [-0.3, -0.25) is 4.79 Å². The number of carbonyl (C=O) groups is 1. The van der Waals surface area contributed by atoms with E-state index in [0.29, 0.717) is 24.5 Å². The summed E-state index contributed by atoms with van der Waals surface area (Å²) in [7, 11) is 5.10. The second kappa shape index (κ2) is 9.97. The number of nitrogens with one attached hydrogen (secondary N) is 1. The molecule has 0 radical (unpaired) electrons. The largest absolute Gasteiger partial charge is 0.493 e. The summed E-state index contributed by atoms with van der Waals surface area (Å²) in [5.41, 5.74) is 2.11. The van der Waals surface area contributed by atoms with Gasteiger partial charge in [-0.25, -0.2) is 0 Å². The standard InChI is InChI=1S/C21H24N4O3S/c1-25-19(12-15-7-5-4-6-8-15)23-24-21(25)29-14-20(26)22-13-16-9-10-17(27-2)18(11-16)28-3/h4-11H,12-14H2,1-3H3,(H,22,26). The number of hydrogen-bond donors (Lipinski definition) is 1. The maximum Gasteiger partial charge on any atom is 0.230 e. The lowest BCUT2D eigenvalue weighted by Crippen LogP contribution is -2.24. The molecule has 0 saturated heterocycles. The molecule has 0 bridgehead atoms. The molecular formula is C21H24N4O3S. The van der Waals surface area contributed by atoms with Crippen molar-refractivity contribution in [2.45, 2.75) is 18.1 Å². The van der Waals surface area contributed by atoms with Crippen LogP contribution in [-0.4, -0.2) is 40.6 Å². The second-order valence-corrected chi connectivity index (χ2v) is 7.32. The van der Waals surface area contributed by atoms with Crippen LogP contribution in [0.1, 0.15) is 17.0 Å². The van der Waals surface area contributed by atoms with Crippen molar-refractivity contribution in [3.05, 3.63) is 65.5 Å². The minimum absolute atomic E-state index is 0.0719. The quantitative estimate of drug-likeness (QED) is 0.545. The fourth-order valence-electron chi connectivity index (χ4n) is 2.78. The fraction of sp³-hybridized carbons (Fsp3) is 0.286. The molecule has 29 heavy (non-hydrogen) atoms. The lowest BCUT2D eigenvalue weighted by molar-refractivity contribution is -0.118. The number of thioether (sulfide) groups is 1. The summed E-state index contributed by atoms with van der Waals surface area (Å²) in [6, 6.07) is 15.7. The van der Waals surface area contributed by atoms with Crippen molar-refractivity contribution in [1.29, 1.82) is 0 Å². The number of ether oxygens (including phenoxy) is 2. The summed E-state index contributed by atoms with van der Waals surface area (Å²) >= 11 is 1.37. The molecule has 152 valence electrons. The third-order valence-corrected chi connectivity index (χ3v) is 5.42. The van der Waals surface area contributed by atoms with Gasteiger partial charge in [-0.05, 0) is 23.3 Å². The van der Waals surface area contributed by atoms with Gasteiger partial charge in [-0.15, -0.1) is 10.2 Å². The number of hydrogen-bond acceptors (Lipinski definition) is 6. The molecule has 1 heterocycles. The van der Waals surface area contributed by atoms with Crippen LogP contribution in [0.5, 0.6) is 11.5 Å². The molecule has 7 nitrogen and oxygen atoms in total. The van der Waals surface area contributed by atoms with Gasteiger partial charge in [0.25, 0.3) is 0 Å². The molecule has 0 saturated carbocycles. The SMILES string of the molecule is COc1ccc(CNC(=O)CSc2nnc(Cc3ccccc3)n2C)cc1OC. The molecule has 2 aromatic carbocycles. The first-order chi connectivity index (χ1) is 14.1. The Morgan fingerprint density at radius 1 is 1.03 bits per heavy atom. The third-order valence-electron chi connectivity index (χ3n) is 4.40. The van der Waals surface area contributed by atoms with Gasteiger partial charge in [0, 0.05) is 20.0 Å². The summed E-state index contributed by atoms with van der Waals surface area (Å²) in [4.78, 5) is 12.2. The van der Waals surface area contributed by atoms with Crippen LogP contribution < -0.4 is 14.8 Å². The van der Waals surface area contributed by atoms with Crippen LogP contribution in [-0.2, 0) is 24.8 Å². The maximum atomic E-state index is 12.2. The number of carbonyl (C=O) groups excluding carboxylic acids is 1. The van der Waals surface area contributed by atoms with Gasteiger partial charge in [-0.1, -0.05) is 48.2 Å². The molecule has 1 N–H and O–H groups in total. The highest BCUT2D eigenvalue weighted by Crippen LogP contribution is 2.27. The Hall–Kier alpha value is -3.00. The summed E-state index contributed by atoms with van der Waals surface area (Å²) in [5.74, 6) is 2.36. The van der Waals surface area contributed by atoms with E-state index in [1.807, 2.05) is 48.0 Å². The van der Waals surface area contributed by atoms with Gasteiger partial charge < -0.3 is 19.4 Å². The molecule has 0 aliphatic carbocycles. The van der Waals surface area contributed by atoms with Crippen molar-refractivity contribution in [1.82, 2.24) is 20.1 Å². The van der Waals surface area contributed by atoms with E-state index in [1.165, 1.54) is 17.3 Å². The minimum atomic E-state index is -0.0719. The predicted octanol–water partition coefficient (Wildman–Crippen LogP) is 2.83. The Bertz CT molecular complexity index is 960. The van der Waals surface area contributed by atoms with E-state index in [0.717, 1.165) is 16.5 Å². The lowest BCUT2D eigenvalue weighted by Gasteiger charge is -2.10. The van der Waals surface area contributed by atoms with Crippen LogP contribution in [0.15, 0.2) is 53.7 Å². The molecular weight excluding hydrogens is 388 g/mol. The van der Waals surface area contributed by atoms with Crippen molar-refractivity contribution in [2.75, 3.05) is 20.0 Å². The highest BCUT2D eigenvalue weighted by atomic mass is 32.2. The summed E-state index contributed by atoms with van der Waals surface area (Å²) in [6.45, 7) is 0.415. The van der Waals surface area contributed by atoms with Gasteiger partial charge in [0.2, 0.25) is 5.91 Å². The number of nitrogens with zero attached hydrogens (tertiary/aromatic N) is 3. The zero-order valence-electron chi connectivity index (χ0n) is 16.7. The van der Waals surface area contributed by atoms with Crippen molar-refractivity contribution in [2.24, 2.45) is 7.05 Å². The number of aromatic nitrogens is 3. The number of rotatable bonds is 9. The first kappa shape index (κ1) is 20.7. The molecule has 1 amide bonds. The molecule has 0 atom stereocenters. The number of amides is 1. The Balaban J connectivity index is 1.51. The van der Waals surface area contributed by atoms with Gasteiger partial charge in [0.1, 0.15) is 5.82 Å². The monoisotopic (exact) mass is 412 g/mol. The van der Waals surface area contributed by atoms with E-state index in [-0.39, 0.29) is 11.7 Å². The maximum absolute atomic E-state index is 12.2. The zero-order valence-corrected chi connectivity index (χ0v) is 17.5. The fourth-order valence-corrected chi connectivity index (χ4v) is 3.54. The van der Waals surface area contributed by atoms with E-state index in [4.69, 9.17) is 9.47 Å². The lowest BCUT2D eigenvalue weighted by atomic mass is 10.1. The van der Waals surface area contributed by atoms with Crippen molar-refractivity contribution < 1.29 is 14.3 Å². The molecule has 3 rings (SSSR count). The molecule has 0 aliphatic heterocycles. The first-order valence-electron chi connectivity index (χ1n) is 9.13. The van der Waals surface area contributed by atoms with Crippen LogP contribution in [0.3, 0.4) is 0 Å². The minimum Gasteiger partial charge on any atom is -0.493 e. The normalized spacial score (nSPS) is 10.6. The average Bonchev–Trinajstić information content (AvgIpc) is 3.10. The Labute approximate surface area is 174 Å². The van der Waals surface area contributed by atoms with Crippen LogP contribution >= 0.6 is 11.8 Å².